The number of aryl methyl sites for hydroxylation is 2. The monoisotopic (exact) mass is 988 g/mol. The quantitative estimate of drug-likeness (QED) is 0.123. The van der Waals surface area contributed by atoms with E-state index in [1.165, 1.54) is 27.8 Å². The molecule has 2 aliphatic rings. The molecule has 300 valence electrons. The molecule has 5 nitrogen and oxygen atoms in total. The number of aromatic nitrogens is 3. The van der Waals surface area contributed by atoms with Crippen LogP contribution < -0.4 is 25.9 Å². The minimum atomic E-state index is -0.259. The molecule has 0 bridgehead atoms. The van der Waals surface area contributed by atoms with Crippen molar-refractivity contribution < 1.29 is 30.5 Å². The molecule has 2 aliphatic heterocycles. The molecular weight excluding hydrogens is 953 g/mol. The molecule has 0 aliphatic carbocycles. The molecule has 0 atom stereocenters. The fourth-order valence-electron chi connectivity index (χ4n) is 9.43. The summed E-state index contributed by atoms with van der Waals surface area (Å²) in [4.78, 5) is 10.2. The molecule has 0 unspecified atom stereocenters. The number of para-hydroxylation sites is 3. The van der Waals surface area contributed by atoms with Crippen LogP contribution in [0.3, 0.4) is 0 Å². The Morgan fingerprint density at radius 2 is 1.08 bits per heavy atom. The predicted molar refractivity (Wildman–Crippen MR) is 251 cm³/mol. The van der Waals surface area contributed by atoms with Crippen molar-refractivity contribution in [3.63, 3.8) is 0 Å². The van der Waals surface area contributed by atoms with E-state index in [9.17, 15) is 0 Å². The van der Waals surface area contributed by atoms with Gasteiger partial charge in [-0.3, -0.25) is 4.98 Å². The Morgan fingerprint density at radius 1 is 0.508 bits per heavy atom. The summed E-state index contributed by atoms with van der Waals surface area (Å²) >= 11 is 0. The van der Waals surface area contributed by atoms with Crippen molar-refractivity contribution in [2.24, 2.45) is 0 Å². The normalized spacial score (nSPS) is 12.1. The van der Waals surface area contributed by atoms with Gasteiger partial charge in [0, 0.05) is 28.8 Å². The van der Waals surface area contributed by atoms with E-state index in [0.717, 1.165) is 95.4 Å². The topological polar surface area (TPSA) is 49.2 Å². The molecule has 8 aromatic carbocycles. The average Bonchev–Trinajstić information content (AvgIpc) is 3.70. The maximum absolute atomic E-state index is 6.64. The van der Waals surface area contributed by atoms with E-state index in [1.54, 1.807) is 0 Å². The van der Waals surface area contributed by atoms with Gasteiger partial charge in [0.15, 0.2) is 0 Å². The van der Waals surface area contributed by atoms with Crippen molar-refractivity contribution >= 4 is 34.1 Å². The smallest absolute Gasteiger partial charge is 0.503 e. The average molecular weight is 989 g/mol. The van der Waals surface area contributed by atoms with Gasteiger partial charge in [0.05, 0.1) is 16.9 Å². The van der Waals surface area contributed by atoms with Crippen molar-refractivity contribution in [2.75, 3.05) is 0 Å². The molecule has 10 aromatic rings. The van der Waals surface area contributed by atoms with Crippen LogP contribution in [0.25, 0.3) is 72.7 Å². The minimum Gasteiger partial charge on any atom is -0.503 e. The summed E-state index contributed by atoms with van der Waals surface area (Å²) in [6, 6.07) is 68.8. The number of fused-ring (bicyclic) bond motifs is 5. The van der Waals surface area contributed by atoms with Crippen LogP contribution in [0.15, 0.2) is 182 Å². The summed E-state index contributed by atoms with van der Waals surface area (Å²) in [5, 5.41) is 0. The van der Waals surface area contributed by atoms with Gasteiger partial charge in [-0.15, -0.1) is 58.5 Å². The van der Waals surface area contributed by atoms with Crippen LogP contribution in [-0.4, -0.2) is 21.2 Å². The Bertz CT molecular complexity index is 3380. The van der Waals surface area contributed by atoms with Crippen LogP contribution in [0.5, 0.6) is 23.0 Å². The Morgan fingerprint density at radius 3 is 1.78 bits per heavy atom. The van der Waals surface area contributed by atoms with Gasteiger partial charge in [0.1, 0.15) is 11.5 Å². The molecule has 4 heterocycles. The molecule has 12 rings (SSSR count). The first-order chi connectivity index (χ1) is 30.6. The zero-order valence-electron chi connectivity index (χ0n) is 34.4. The second-order valence-corrected chi connectivity index (χ2v) is 16.0. The zero-order valence-corrected chi connectivity index (χ0v) is 36.6. The van der Waals surface area contributed by atoms with Crippen LogP contribution in [0.2, 0.25) is 0 Å². The van der Waals surface area contributed by atoms with Gasteiger partial charge in [-0.25, -0.2) is 0 Å². The standard InChI is InChI=1S/C56H36BN3O2.Pt/c1-35-14-12-15-36(2)55(35)60-49-23-11-10-22-47(49)59-56(60)40-27-29-51-46(33-40)57-45-32-39(26-28-50(45)61-52-24-13-25-53(62-51)54(52)57)48-34-38(30-31-58-48)42-19-7-9-21-44(42)43-20-8-6-18-41(43)37-16-4-3-5-17-37;/h3-31,34H,1-2H3;/q-2;+2. The molecule has 0 saturated carbocycles. The molecule has 0 N–H and O–H groups in total. The molecule has 2 aromatic heterocycles. The Hall–Kier alpha value is -7.27. The zero-order chi connectivity index (χ0) is 41.3. The predicted octanol–water partition coefficient (Wildman–Crippen LogP) is 11.7. The van der Waals surface area contributed by atoms with Gasteiger partial charge in [-0.1, -0.05) is 121 Å². The van der Waals surface area contributed by atoms with Gasteiger partial charge in [0.25, 0.3) is 0 Å². The van der Waals surface area contributed by atoms with Gasteiger partial charge < -0.3 is 19.0 Å². The molecule has 0 amide bonds. The van der Waals surface area contributed by atoms with E-state index in [2.05, 4.69) is 182 Å². The largest absolute Gasteiger partial charge is 2.00 e. The van der Waals surface area contributed by atoms with Crippen LogP contribution in [0, 0.1) is 26.0 Å². The van der Waals surface area contributed by atoms with Gasteiger partial charge in [-0.05, 0) is 94.4 Å². The summed E-state index contributed by atoms with van der Waals surface area (Å²) in [5.41, 5.74) is 17.7. The Balaban J connectivity index is 0.00000444. The third-order valence-corrected chi connectivity index (χ3v) is 12.2. The first-order valence-corrected chi connectivity index (χ1v) is 20.9. The first kappa shape index (κ1) is 38.6. The second kappa shape index (κ2) is 15.6. The molecule has 7 heteroatoms. The van der Waals surface area contributed by atoms with E-state index < -0.39 is 0 Å². The third kappa shape index (κ3) is 6.44. The van der Waals surface area contributed by atoms with Crippen molar-refractivity contribution in [1.29, 1.82) is 0 Å². The number of pyridine rings is 1. The summed E-state index contributed by atoms with van der Waals surface area (Å²) in [5.74, 6) is 3.85. The number of imidazole rings is 1. The SMILES string of the molecule is Cc1cccc(C)c1-n1c(-c2[c-]c3c(cc2)Oc2cccc4c2B3c2[c-]c(-c3cc(-c5ccccc5-c5ccccc5-c5ccccc5)ccn3)ccc2O4)nc2ccccc21.[Pt+2]. The third-order valence-electron chi connectivity index (χ3n) is 12.2. The van der Waals surface area contributed by atoms with Crippen LogP contribution >= 0.6 is 0 Å². The van der Waals surface area contributed by atoms with Gasteiger partial charge >= 0.3 is 21.1 Å². The molecular formula is C56H36BN3O2Pt. The molecule has 0 saturated heterocycles. The van der Waals surface area contributed by atoms with E-state index in [4.69, 9.17) is 19.4 Å². The maximum Gasteiger partial charge on any atom is 2.00 e. The number of ether oxygens (including phenoxy) is 2. The number of rotatable bonds is 6. The van der Waals surface area contributed by atoms with E-state index >= 15 is 0 Å². The summed E-state index contributed by atoms with van der Waals surface area (Å²) in [6.07, 6.45) is 1.90. The fraction of sp³-hybridized carbons (Fsp3) is 0.0357. The Kier molecular flexibility index (Phi) is 9.55. The fourth-order valence-corrected chi connectivity index (χ4v) is 9.43. The molecule has 0 radical (unpaired) electrons. The second-order valence-electron chi connectivity index (χ2n) is 16.0. The number of benzene rings is 8. The van der Waals surface area contributed by atoms with Crippen LogP contribution in [0.1, 0.15) is 11.1 Å². The van der Waals surface area contributed by atoms with Gasteiger partial charge in [0.2, 0.25) is 6.71 Å². The van der Waals surface area contributed by atoms with Crippen LogP contribution in [0.4, 0.5) is 0 Å². The first-order valence-electron chi connectivity index (χ1n) is 20.9. The molecule has 63 heavy (non-hydrogen) atoms. The minimum absolute atomic E-state index is 0. The van der Waals surface area contributed by atoms with Crippen molar-refractivity contribution in [1.82, 2.24) is 14.5 Å². The maximum atomic E-state index is 6.64. The van der Waals surface area contributed by atoms with E-state index in [-0.39, 0.29) is 27.8 Å². The summed E-state index contributed by atoms with van der Waals surface area (Å²) in [7, 11) is 0. The molecule has 0 fully saturated rings. The van der Waals surface area contributed by atoms with Crippen LogP contribution in [-0.2, 0) is 21.1 Å². The van der Waals surface area contributed by atoms with Crippen molar-refractivity contribution in [3.8, 4) is 84.7 Å². The number of nitrogens with zero attached hydrogens (tertiary/aromatic N) is 3. The number of hydrogen-bond acceptors (Lipinski definition) is 4. The molecule has 0 spiro atoms. The summed E-state index contributed by atoms with van der Waals surface area (Å²) in [6.45, 7) is 4.06. The number of hydrogen-bond donors (Lipinski definition) is 0. The van der Waals surface area contributed by atoms with Crippen molar-refractivity contribution in [2.45, 2.75) is 13.8 Å². The van der Waals surface area contributed by atoms with E-state index in [0.29, 0.717) is 0 Å². The van der Waals surface area contributed by atoms with Gasteiger partial charge in [-0.2, -0.15) is 0 Å². The summed E-state index contributed by atoms with van der Waals surface area (Å²) < 4.78 is 15.6. The van der Waals surface area contributed by atoms with E-state index in [1.807, 2.05) is 30.5 Å². The Labute approximate surface area is 381 Å². The van der Waals surface area contributed by atoms with Crippen molar-refractivity contribution in [3.05, 3.63) is 205 Å².